The third-order valence-electron chi connectivity index (χ3n) is 10.8. The van der Waals surface area contributed by atoms with E-state index in [1.807, 2.05) is 54.6 Å². The SMILES string of the molecule is C=NC(=NC(=NCc1ccc2oc3ccccc3c2c1)C1N=C(c2ccc3c4ccccc4n(-c4ccccc4)c3c2)Nc2c1sc1ccccc21)c1ccccc1. The molecule has 1 unspecified atom stereocenters. The Morgan fingerprint density at radius 1 is 0.672 bits per heavy atom. The molecule has 0 saturated heterocycles. The summed E-state index contributed by atoms with van der Waals surface area (Å²) in [4.78, 5) is 21.5. The van der Waals surface area contributed by atoms with Crippen molar-refractivity contribution in [1.29, 1.82) is 0 Å². The highest BCUT2D eigenvalue weighted by atomic mass is 32.1. The number of nitrogens with zero attached hydrogens (tertiary/aromatic N) is 5. The summed E-state index contributed by atoms with van der Waals surface area (Å²) in [5.41, 5.74) is 8.93. The predicted octanol–water partition coefficient (Wildman–Crippen LogP) is 12.6. The van der Waals surface area contributed by atoms with Gasteiger partial charge in [0, 0.05) is 48.4 Å². The number of para-hydroxylation sites is 3. The molecule has 1 N–H and O–H groups in total. The highest BCUT2D eigenvalue weighted by Gasteiger charge is 2.31. The molecule has 1 aliphatic heterocycles. The molecule has 0 radical (unpaired) electrons. The molecule has 0 bridgehead atoms. The van der Waals surface area contributed by atoms with Gasteiger partial charge in [-0.1, -0.05) is 121 Å². The topological polar surface area (TPSA) is 79.5 Å². The lowest BCUT2D eigenvalue weighted by molar-refractivity contribution is 0.669. The van der Waals surface area contributed by atoms with Crippen LogP contribution < -0.4 is 5.32 Å². The van der Waals surface area contributed by atoms with Crippen molar-refractivity contribution >= 4 is 95.1 Å². The average Bonchev–Trinajstić information content (AvgIpc) is 3.96. The summed E-state index contributed by atoms with van der Waals surface area (Å²) < 4.78 is 9.63. The molecule has 0 aliphatic carbocycles. The summed E-state index contributed by atoms with van der Waals surface area (Å²) in [7, 11) is 0. The van der Waals surface area contributed by atoms with Gasteiger partial charge in [-0.2, -0.15) is 0 Å². The first-order valence-electron chi connectivity index (χ1n) is 19.2. The summed E-state index contributed by atoms with van der Waals surface area (Å²) in [6.45, 7) is 4.32. The van der Waals surface area contributed by atoms with Crippen molar-refractivity contribution in [2.24, 2.45) is 20.0 Å². The highest BCUT2D eigenvalue weighted by molar-refractivity contribution is 7.20. The fourth-order valence-electron chi connectivity index (χ4n) is 8.13. The maximum Gasteiger partial charge on any atom is 0.160 e. The third-order valence-corrected chi connectivity index (χ3v) is 12.1. The van der Waals surface area contributed by atoms with E-state index >= 15 is 0 Å². The number of aliphatic imine (C=N–C) groups is 4. The lowest BCUT2D eigenvalue weighted by atomic mass is 10.0. The van der Waals surface area contributed by atoms with Crippen LogP contribution in [0, 0.1) is 0 Å². The van der Waals surface area contributed by atoms with E-state index in [1.54, 1.807) is 11.3 Å². The first-order valence-corrected chi connectivity index (χ1v) is 20.0. The van der Waals surface area contributed by atoms with Gasteiger partial charge in [0.15, 0.2) is 11.7 Å². The second-order valence-electron chi connectivity index (χ2n) is 14.3. The molecule has 8 heteroatoms. The molecule has 58 heavy (non-hydrogen) atoms. The summed E-state index contributed by atoms with van der Waals surface area (Å²) in [5.74, 6) is 1.78. The zero-order valence-electron chi connectivity index (χ0n) is 31.2. The molecule has 0 spiro atoms. The zero-order chi connectivity index (χ0) is 38.6. The number of benzene rings is 7. The Hall–Kier alpha value is -7.42. The second kappa shape index (κ2) is 14.0. The van der Waals surface area contributed by atoms with Crippen LogP contribution in [0.1, 0.15) is 27.6 Å². The van der Waals surface area contributed by atoms with Crippen LogP contribution in [0.25, 0.3) is 59.5 Å². The minimum absolute atomic E-state index is 0.381. The van der Waals surface area contributed by atoms with E-state index in [1.165, 1.54) is 10.8 Å². The number of aromatic nitrogens is 1. The van der Waals surface area contributed by atoms with E-state index in [0.29, 0.717) is 18.2 Å². The van der Waals surface area contributed by atoms with Crippen LogP contribution >= 0.6 is 11.3 Å². The molecule has 276 valence electrons. The third kappa shape index (κ3) is 5.73. The van der Waals surface area contributed by atoms with E-state index in [9.17, 15) is 0 Å². The lowest BCUT2D eigenvalue weighted by Gasteiger charge is -2.23. The van der Waals surface area contributed by atoms with Crippen molar-refractivity contribution in [2.45, 2.75) is 12.6 Å². The Labute approximate surface area is 337 Å². The molecular formula is C50H34N6OS. The number of amidine groups is 3. The predicted molar refractivity (Wildman–Crippen MR) is 243 cm³/mol. The highest BCUT2D eigenvalue weighted by Crippen LogP contribution is 2.45. The molecule has 11 rings (SSSR count). The maximum atomic E-state index is 6.14. The zero-order valence-corrected chi connectivity index (χ0v) is 32.0. The number of rotatable bonds is 6. The summed E-state index contributed by atoms with van der Waals surface area (Å²) in [6, 6.07) is 58.0. The van der Waals surface area contributed by atoms with Crippen LogP contribution in [0.4, 0.5) is 5.69 Å². The fourth-order valence-corrected chi connectivity index (χ4v) is 9.33. The van der Waals surface area contributed by atoms with Crippen LogP contribution in [-0.4, -0.2) is 28.8 Å². The first kappa shape index (κ1) is 33.9. The number of anilines is 1. The van der Waals surface area contributed by atoms with E-state index in [-0.39, 0.29) is 0 Å². The monoisotopic (exact) mass is 766 g/mol. The van der Waals surface area contributed by atoms with Crippen molar-refractivity contribution in [2.75, 3.05) is 5.32 Å². The number of hydrogen-bond donors (Lipinski definition) is 1. The van der Waals surface area contributed by atoms with Gasteiger partial charge in [-0.3, -0.25) is 9.98 Å². The Morgan fingerprint density at radius 3 is 2.22 bits per heavy atom. The maximum absolute atomic E-state index is 6.14. The van der Waals surface area contributed by atoms with Gasteiger partial charge in [0.1, 0.15) is 23.0 Å². The Morgan fingerprint density at radius 2 is 1.38 bits per heavy atom. The molecule has 0 amide bonds. The average molecular weight is 767 g/mol. The molecule has 7 nitrogen and oxygen atoms in total. The van der Waals surface area contributed by atoms with Gasteiger partial charge < -0.3 is 14.3 Å². The van der Waals surface area contributed by atoms with Crippen LogP contribution in [0.15, 0.2) is 194 Å². The van der Waals surface area contributed by atoms with Gasteiger partial charge in [-0.05, 0) is 60.8 Å². The van der Waals surface area contributed by atoms with Crippen LogP contribution in [0.3, 0.4) is 0 Å². The van der Waals surface area contributed by atoms with E-state index in [0.717, 1.165) is 81.8 Å². The largest absolute Gasteiger partial charge is 0.456 e. The molecule has 10 aromatic rings. The van der Waals surface area contributed by atoms with Gasteiger partial charge in [-0.25, -0.2) is 9.98 Å². The number of furan rings is 1. The first-order chi connectivity index (χ1) is 28.7. The number of hydrogen-bond acceptors (Lipinski definition) is 5. The van der Waals surface area contributed by atoms with Crippen molar-refractivity contribution < 1.29 is 4.42 Å². The van der Waals surface area contributed by atoms with Gasteiger partial charge in [0.25, 0.3) is 0 Å². The second-order valence-corrected chi connectivity index (χ2v) is 15.4. The van der Waals surface area contributed by atoms with E-state index in [4.69, 9.17) is 19.4 Å². The normalized spacial score (nSPS) is 14.6. The molecule has 1 atom stereocenters. The molecule has 3 aromatic heterocycles. The van der Waals surface area contributed by atoms with Crippen molar-refractivity contribution in [1.82, 2.24) is 4.57 Å². The molecule has 1 aliphatic rings. The number of nitrogens with one attached hydrogen (secondary N) is 1. The summed E-state index contributed by atoms with van der Waals surface area (Å²) in [6.07, 6.45) is 0. The Kier molecular flexibility index (Phi) is 8.15. The van der Waals surface area contributed by atoms with Crippen LogP contribution in [-0.2, 0) is 6.54 Å². The number of thiophene rings is 1. The Bertz CT molecular complexity index is 3320. The molecular weight excluding hydrogens is 733 g/mol. The molecule has 7 aromatic carbocycles. The van der Waals surface area contributed by atoms with Gasteiger partial charge >= 0.3 is 0 Å². The summed E-state index contributed by atoms with van der Waals surface area (Å²) >= 11 is 1.71. The molecule has 0 saturated carbocycles. The standard InChI is InChI=1S/C50H34N6OS/c1-51-48(32-14-4-2-5-15-32)55-50(52-30-31-24-27-43-39(28-31)37-19-9-12-22-42(37)57-43)46-47-45(38-20-10-13-23-44(38)58-47)53-49(54-46)33-25-26-36-35-18-8-11-21-40(35)56(41(36)29-33)34-16-6-3-7-17-34/h2-29,46H,1,30H2,(H,53,54). The molecule has 4 heterocycles. The minimum atomic E-state index is -0.529. The van der Waals surface area contributed by atoms with Gasteiger partial charge in [0.2, 0.25) is 0 Å². The van der Waals surface area contributed by atoms with Crippen LogP contribution in [0.5, 0.6) is 0 Å². The molecule has 0 fully saturated rings. The van der Waals surface area contributed by atoms with Crippen molar-refractivity contribution in [3.63, 3.8) is 0 Å². The van der Waals surface area contributed by atoms with Gasteiger partial charge in [-0.15, -0.1) is 11.3 Å². The van der Waals surface area contributed by atoms with E-state index in [2.05, 4.69) is 137 Å². The van der Waals surface area contributed by atoms with Crippen LogP contribution in [0.2, 0.25) is 0 Å². The minimum Gasteiger partial charge on any atom is -0.456 e. The summed E-state index contributed by atoms with van der Waals surface area (Å²) in [5, 5.41) is 9.43. The van der Waals surface area contributed by atoms with Crippen molar-refractivity contribution in [3.8, 4) is 5.69 Å². The van der Waals surface area contributed by atoms with Crippen molar-refractivity contribution in [3.05, 3.63) is 191 Å². The van der Waals surface area contributed by atoms with E-state index < -0.39 is 6.04 Å². The lowest BCUT2D eigenvalue weighted by Crippen LogP contribution is -2.24. The quantitative estimate of drug-likeness (QED) is 0.135. The smallest absolute Gasteiger partial charge is 0.160 e. The Balaban J connectivity index is 1.10. The van der Waals surface area contributed by atoms with Gasteiger partial charge in [0.05, 0.1) is 28.1 Å². The fraction of sp³-hybridized carbons (Fsp3) is 0.0400. The number of fused-ring (bicyclic) bond motifs is 9.